The highest BCUT2D eigenvalue weighted by molar-refractivity contribution is 6.33. The van der Waals surface area contributed by atoms with E-state index in [4.69, 9.17) is 11.6 Å². The summed E-state index contributed by atoms with van der Waals surface area (Å²) in [5, 5.41) is 4.15. The van der Waals surface area contributed by atoms with Gasteiger partial charge in [0.05, 0.1) is 10.7 Å². The second-order valence-electron chi connectivity index (χ2n) is 5.12. The van der Waals surface area contributed by atoms with Crippen molar-refractivity contribution in [3.05, 3.63) is 23.5 Å². The molecule has 2 aliphatic rings. The molecule has 0 radical (unpaired) electrons. The maximum Gasteiger partial charge on any atom is 0.0820 e. The quantitative estimate of drug-likeness (QED) is 0.892. The predicted octanol–water partition coefficient (Wildman–Crippen LogP) is 2.63. The van der Waals surface area contributed by atoms with Crippen LogP contribution in [0.5, 0.6) is 0 Å². The summed E-state index contributed by atoms with van der Waals surface area (Å²) in [5.41, 5.74) is 1.01. The fourth-order valence-electron chi connectivity index (χ4n) is 2.57. The molecule has 1 saturated carbocycles. The van der Waals surface area contributed by atoms with Gasteiger partial charge in [-0.2, -0.15) is 0 Å². The molecule has 4 heteroatoms. The van der Waals surface area contributed by atoms with Crippen molar-refractivity contribution in [1.29, 1.82) is 0 Å². The summed E-state index contributed by atoms with van der Waals surface area (Å²) in [6.07, 6.45) is 7.60. The maximum absolute atomic E-state index is 6.06. The predicted molar refractivity (Wildman–Crippen MR) is 70.4 cm³/mol. The van der Waals surface area contributed by atoms with Gasteiger partial charge in [-0.05, 0) is 37.8 Å². The molecule has 0 spiro atoms. The molecule has 1 aliphatic heterocycles. The van der Waals surface area contributed by atoms with Gasteiger partial charge in [0.25, 0.3) is 0 Å². The number of rotatable bonds is 4. The van der Waals surface area contributed by atoms with Crippen LogP contribution in [-0.2, 0) is 0 Å². The van der Waals surface area contributed by atoms with Gasteiger partial charge >= 0.3 is 0 Å². The normalized spacial score (nSPS) is 25.1. The van der Waals surface area contributed by atoms with E-state index in [0.29, 0.717) is 5.02 Å². The topological polar surface area (TPSA) is 28.2 Å². The van der Waals surface area contributed by atoms with Crippen LogP contribution in [0, 0.1) is 5.92 Å². The minimum Gasteiger partial charge on any atom is -0.383 e. The van der Waals surface area contributed by atoms with Crippen molar-refractivity contribution < 1.29 is 0 Å². The Morgan fingerprint density at radius 2 is 2.29 bits per heavy atom. The Bertz CT molecular complexity index is 392. The van der Waals surface area contributed by atoms with Gasteiger partial charge < -0.3 is 10.2 Å². The molecule has 0 amide bonds. The van der Waals surface area contributed by atoms with E-state index in [9.17, 15) is 0 Å². The van der Waals surface area contributed by atoms with Crippen LogP contribution < -0.4 is 5.32 Å². The molecule has 0 bridgehead atoms. The van der Waals surface area contributed by atoms with E-state index in [1.165, 1.54) is 32.4 Å². The lowest BCUT2D eigenvalue weighted by molar-refractivity contribution is 0.316. The molecule has 92 valence electrons. The molecule has 3 nitrogen and oxygen atoms in total. The summed E-state index contributed by atoms with van der Waals surface area (Å²) in [5.74, 6) is 0.764. The molecule has 17 heavy (non-hydrogen) atoms. The van der Waals surface area contributed by atoms with E-state index >= 15 is 0 Å². The minimum absolute atomic E-state index is 0.713. The molecule has 3 rings (SSSR count). The minimum atomic E-state index is 0.713. The number of aromatic nitrogens is 1. The summed E-state index contributed by atoms with van der Waals surface area (Å²) in [6.45, 7) is 3.55. The van der Waals surface area contributed by atoms with E-state index in [0.717, 1.165) is 24.2 Å². The van der Waals surface area contributed by atoms with Crippen molar-refractivity contribution in [2.24, 2.45) is 5.92 Å². The lowest BCUT2D eigenvalue weighted by Gasteiger charge is -2.15. The van der Waals surface area contributed by atoms with Crippen LogP contribution in [0.25, 0.3) is 0 Å². The van der Waals surface area contributed by atoms with Crippen LogP contribution in [0.4, 0.5) is 5.69 Å². The van der Waals surface area contributed by atoms with Crippen LogP contribution >= 0.6 is 11.6 Å². The van der Waals surface area contributed by atoms with Gasteiger partial charge in [-0.1, -0.05) is 11.6 Å². The fourth-order valence-corrected chi connectivity index (χ4v) is 2.76. The lowest BCUT2D eigenvalue weighted by Crippen LogP contribution is -2.24. The standard InChI is InChI=1S/C13H18ClN3/c14-12-8-15-5-3-13(12)16-7-10-4-6-17(9-10)11-1-2-11/h3,5,8,10-11H,1-2,4,6-7,9H2,(H,15,16). The zero-order chi connectivity index (χ0) is 11.7. The molecule has 1 atom stereocenters. The SMILES string of the molecule is Clc1cnccc1NCC1CCN(C2CC2)C1. The average Bonchev–Trinajstić information content (AvgIpc) is 3.08. The van der Waals surface area contributed by atoms with Gasteiger partial charge in [-0.15, -0.1) is 0 Å². The summed E-state index contributed by atoms with van der Waals surface area (Å²) < 4.78 is 0. The largest absolute Gasteiger partial charge is 0.383 e. The molecular weight excluding hydrogens is 234 g/mol. The number of anilines is 1. The van der Waals surface area contributed by atoms with Gasteiger partial charge in [0.15, 0.2) is 0 Å². The van der Waals surface area contributed by atoms with Crippen LogP contribution in [0.3, 0.4) is 0 Å². The number of hydrogen-bond donors (Lipinski definition) is 1. The second kappa shape index (κ2) is 4.83. The van der Waals surface area contributed by atoms with E-state index in [1.54, 1.807) is 12.4 Å². The molecule has 1 N–H and O–H groups in total. The third-order valence-electron chi connectivity index (χ3n) is 3.73. The van der Waals surface area contributed by atoms with Gasteiger partial charge in [-0.3, -0.25) is 4.98 Å². The number of likely N-dealkylation sites (tertiary alicyclic amines) is 1. The van der Waals surface area contributed by atoms with E-state index < -0.39 is 0 Å². The Balaban J connectivity index is 1.50. The van der Waals surface area contributed by atoms with Gasteiger partial charge in [-0.25, -0.2) is 0 Å². The lowest BCUT2D eigenvalue weighted by atomic mass is 10.1. The van der Waals surface area contributed by atoms with Gasteiger partial charge in [0, 0.05) is 31.5 Å². The number of halogens is 1. The first-order valence-corrected chi connectivity index (χ1v) is 6.78. The Morgan fingerprint density at radius 3 is 3.06 bits per heavy atom. The first-order valence-electron chi connectivity index (χ1n) is 6.40. The van der Waals surface area contributed by atoms with Gasteiger partial charge in [0.1, 0.15) is 0 Å². The maximum atomic E-state index is 6.06. The Morgan fingerprint density at radius 1 is 1.41 bits per heavy atom. The van der Waals surface area contributed by atoms with E-state index in [1.807, 2.05) is 6.07 Å². The molecule has 2 heterocycles. The first-order chi connectivity index (χ1) is 8.33. The monoisotopic (exact) mass is 251 g/mol. The van der Waals surface area contributed by atoms with E-state index in [2.05, 4.69) is 15.2 Å². The van der Waals surface area contributed by atoms with Crippen molar-refractivity contribution in [2.45, 2.75) is 25.3 Å². The first kappa shape index (κ1) is 11.3. The number of nitrogens with one attached hydrogen (secondary N) is 1. The fraction of sp³-hybridized carbons (Fsp3) is 0.615. The molecular formula is C13H18ClN3. The molecule has 2 fully saturated rings. The summed E-state index contributed by atoms with van der Waals surface area (Å²) in [4.78, 5) is 6.63. The van der Waals surface area contributed by atoms with Crippen molar-refractivity contribution in [2.75, 3.05) is 25.0 Å². The molecule has 1 aromatic rings. The molecule has 0 aromatic carbocycles. The Kier molecular flexibility index (Phi) is 3.21. The van der Waals surface area contributed by atoms with Crippen LogP contribution in [0.15, 0.2) is 18.5 Å². The van der Waals surface area contributed by atoms with Crippen molar-refractivity contribution in [1.82, 2.24) is 9.88 Å². The molecule has 1 aliphatic carbocycles. The zero-order valence-electron chi connectivity index (χ0n) is 9.90. The highest BCUT2D eigenvalue weighted by Crippen LogP contribution is 2.32. The van der Waals surface area contributed by atoms with Crippen molar-refractivity contribution >= 4 is 17.3 Å². The van der Waals surface area contributed by atoms with E-state index in [-0.39, 0.29) is 0 Å². The molecule has 1 unspecified atom stereocenters. The average molecular weight is 252 g/mol. The van der Waals surface area contributed by atoms with Crippen molar-refractivity contribution in [3.8, 4) is 0 Å². The summed E-state index contributed by atoms with van der Waals surface area (Å²) in [6, 6.07) is 2.85. The highest BCUT2D eigenvalue weighted by atomic mass is 35.5. The van der Waals surface area contributed by atoms with Crippen molar-refractivity contribution in [3.63, 3.8) is 0 Å². The number of hydrogen-bond acceptors (Lipinski definition) is 3. The Labute approximate surface area is 107 Å². The number of nitrogens with zero attached hydrogens (tertiary/aromatic N) is 2. The Hall–Kier alpha value is -0.800. The highest BCUT2D eigenvalue weighted by Gasteiger charge is 2.34. The smallest absolute Gasteiger partial charge is 0.0820 e. The van der Waals surface area contributed by atoms with Crippen LogP contribution in [0.2, 0.25) is 5.02 Å². The second-order valence-corrected chi connectivity index (χ2v) is 5.52. The third-order valence-corrected chi connectivity index (χ3v) is 4.04. The van der Waals surface area contributed by atoms with Gasteiger partial charge in [0.2, 0.25) is 0 Å². The van der Waals surface area contributed by atoms with Crippen LogP contribution in [-0.4, -0.2) is 35.6 Å². The molecule has 1 saturated heterocycles. The third kappa shape index (κ3) is 2.72. The zero-order valence-corrected chi connectivity index (χ0v) is 10.7. The molecule has 1 aromatic heterocycles. The van der Waals surface area contributed by atoms with Crippen LogP contribution in [0.1, 0.15) is 19.3 Å². The summed E-state index contributed by atoms with van der Waals surface area (Å²) in [7, 11) is 0. The summed E-state index contributed by atoms with van der Waals surface area (Å²) >= 11 is 6.06. The number of pyridine rings is 1.